The maximum absolute atomic E-state index is 11.7. The van der Waals surface area contributed by atoms with Gasteiger partial charge < -0.3 is 9.30 Å². The van der Waals surface area contributed by atoms with Gasteiger partial charge in [-0.15, -0.1) is 0 Å². The van der Waals surface area contributed by atoms with E-state index in [2.05, 4.69) is 10.5 Å². The molecular weight excluding hydrogens is 302 g/mol. The number of hydrogen-bond donors (Lipinski definition) is 1. The van der Waals surface area contributed by atoms with Crippen LogP contribution in [0.4, 0.5) is 0 Å². The van der Waals surface area contributed by atoms with Crippen molar-refractivity contribution in [1.29, 1.82) is 0 Å². The Hall–Kier alpha value is -2.27. The Morgan fingerprint density at radius 2 is 2.09 bits per heavy atom. The summed E-state index contributed by atoms with van der Waals surface area (Å²) in [7, 11) is 1.90. The number of hydrazone groups is 1. The summed E-state index contributed by atoms with van der Waals surface area (Å²) >= 11 is 6.09. The van der Waals surface area contributed by atoms with E-state index in [4.69, 9.17) is 16.3 Å². The van der Waals surface area contributed by atoms with Crippen LogP contribution >= 0.6 is 11.6 Å². The van der Waals surface area contributed by atoms with Crippen LogP contribution in [0.2, 0.25) is 5.02 Å². The summed E-state index contributed by atoms with van der Waals surface area (Å²) in [6, 6.07) is 7.40. The van der Waals surface area contributed by atoms with E-state index in [1.165, 1.54) is 0 Å². The van der Waals surface area contributed by atoms with E-state index in [1.54, 1.807) is 18.3 Å². The normalized spacial score (nSPS) is 10.9. The van der Waals surface area contributed by atoms with Crippen molar-refractivity contribution in [2.45, 2.75) is 13.8 Å². The van der Waals surface area contributed by atoms with Gasteiger partial charge in [-0.25, -0.2) is 5.43 Å². The fraction of sp³-hybridized carbons (Fsp3) is 0.250. The number of ether oxygens (including phenoxy) is 1. The van der Waals surface area contributed by atoms with Crippen LogP contribution < -0.4 is 10.2 Å². The van der Waals surface area contributed by atoms with Gasteiger partial charge in [0.05, 0.1) is 11.9 Å². The highest BCUT2D eigenvalue weighted by Crippen LogP contribution is 2.25. The predicted octanol–water partition coefficient (Wildman–Crippen LogP) is 2.82. The number of halogens is 1. The Balaban J connectivity index is 1.86. The highest BCUT2D eigenvalue weighted by molar-refractivity contribution is 6.32. The molecule has 0 aliphatic carbocycles. The van der Waals surface area contributed by atoms with Crippen molar-refractivity contribution >= 4 is 23.7 Å². The molecule has 2 rings (SSSR count). The second-order valence-corrected chi connectivity index (χ2v) is 5.37. The van der Waals surface area contributed by atoms with Gasteiger partial charge in [-0.1, -0.05) is 11.6 Å². The zero-order valence-corrected chi connectivity index (χ0v) is 13.5. The van der Waals surface area contributed by atoms with Gasteiger partial charge in [0.2, 0.25) is 0 Å². The smallest absolute Gasteiger partial charge is 0.277 e. The predicted molar refractivity (Wildman–Crippen MR) is 87.6 cm³/mol. The molecule has 2 aromatic rings. The number of hydrogen-bond acceptors (Lipinski definition) is 3. The van der Waals surface area contributed by atoms with Gasteiger partial charge >= 0.3 is 0 Å². The summed E-state index contributed by atoms with van der Waals surface area (Å²) in [4.78, 5) is 11.7. The lowest BCUT2D eigenvalue weighted by Crippen LogP contribution is -2.24. The second-order valence-electron chi connectivity index (χ2n) is 5.00. The fourth-order valence-corrected chi connectivity index (χ4v) is 2.06. The Kier molecular flexibility index (Phi) is 5.22. The van der Waals surface area contributed by atoms with Crippen molar-refractivity contribution in [3.05, 3.63) is 52.3 Å². The minimum Gasteiger partial charge on any atom is -0.484 e. The van der Waals surface area contributed by atoms with E-state index >= 15 is 0 Å². The lowest BCUT2D eigenvalue weighted by atomic mass is 10.1. The zero-order valence-electron chi connectivity index (χ0n) is 12.8. The van der Waals surface area contributed by atoms with Gasteiger partial charge in [-0.3, -0.25) is 4.79 Å². The first-order chi connectivity index (χ1) is 10.5. The molecule has 0 aliphatic rings. The van der Waals surface area contributed by atoms with Crippen LogP contribution in [-0.2, 0) is 11.8 Å². The summed E-state index contributed by atoms with van der Waals surface area (Å²) in [6.07, 6.45) is 3.48. The molecule has 0 bridgehead atoms. The maximum Gasteiger partial charge on any atom is 0.277 e. The van der Waals surface area contributed by atoms with Gasteiger partial charge in [0.1, 0.15) is 5.75 Å². The number of rotatable bonds is 5. The standard InChI is InChI=1S/C16H18ClN3O2/c1-11-7-14(8-12(2)16(11)17)22-10-15(21)19-18-9-13-5-4-6-20(13)3/h4-9H,10H2,1-3H3,(H,19,21). The van der Waals surface area contributed by atoms with Crippen LogP contribution in [-0.4, -0.2) is 23.3 Å². The maximum atomic E-state index is 11.7. The van der Waals surface area contributed by atoms with Crippen LogP contribution in [0.15, 0.2) is 35.6 Å². The number of carbonyl (C=O) groups is 1. The molecule has 0 fully saturated rings. The largest absolute Gasteiger partial charge is 0.484 e. The molecule has 0 unspecified atom stereocenters. The third-order valence-electron chi connectivity index (χ3n) is 3.15. The Labute approximate surface area is 134 Å². The molecule has 1 amide bonds. The first-order valence-corrected chi connectivity index (χ1v) is 7.18. The fourth-order valence-electron chi connectivity index (χ4n) is 1.95. The Morgan fingerprint density at radius 3 is 2.68 bits per heavy atom. The molecule has 1 aromatic carbocycles. The highest BCUT2D eigenvalue weighted by Gasteiger charge is 2.06. The second kappa shape index (κ2) is 7.13. The first-order valence-electron chi connectivity index (χ1n) is 6.80. The number of nitrogens with one attached hydrogen (secondary N) is 1. The molecule has 6 heteroatoms. The zero-order chi connectivity index (χ0) is 16.1. The van der Waals surface area contributed by atoms with Crippen LogP contribution in [0.3, 0.4) is 0 Å². The Bertz CT molecular complexity index is 684. The molecule has 5 nitrogen and oxygen atoms in total. The lowest BCUT2D eigenvalue weighted by molar-refractivity contribution is -0.123. The summed E-state index contributed by atoms with van der Waals surface area (Å²) in [5.41, 5.74) is 5.15. The van der Waals surface area contributed by atoms with Crippen LogP contribution in [0.25, 0.3) is 0 Å². The van der Waals surface area contributed by atoms with E-state index in [0.29, 0.717) is 10.8 Å². The molecule has 0 saturated carbocycles. The molecule has 0 aliphatic heterocycles. The number of carbonyl (C=O) groups excluding carboxylic acids is 1. The lowest BCUT2D eigenvalue weighted by Gasteiger charge is -2.09. The molecular formula is C16H18ClN3O2. The quantitative estimate of drug-likeness (QED) is 0.680. The van der Waals surface area contributed by atoms with Crippen molar-refractivity contribution in [2.75, 3.05) is 6.61 Å². The van der Waals surface area contributed by atoms with Crippen molar-refractivity contribution in [1.82, 2.24) is 9.99 Å². The van der Waals surface area contributed by atoms with Crippen LogP contribution in [0, 0.1) is 13.8 Å². The average Bonchev–Trinajstić information content (AvgIpc) is 2.88. The van der Waals surface area contributed by atoms with Crippen LogP contribution in [0.1, 0.15) is 16.8 Å². The van der Waals surface area contributed by atoms with Crippen molar-refractivity contribution in [3.63, 3.8) is 0 Å². The van der Waals surface area contributed by atoms with Crippen LogP contribution in [0.5, 0.6) is 5.75 Å². The van der Waals surface area contributed by atoms with E-state index in [0.717, 1.165) is 16.8 Å². The number of nitrogens with zero attached hydrogens (tertiary/aromatic N) is 2. The molecule has 1 heterocycles. The molecule has 1 N–H and O–H groups in total. The van der Waals surface area contributed by atoms with Crippen molar-refractivity contribution < 1.29 is 9.53 Å². The van der Waals surface area contributed by atoms with Gasteiger partial charge in [0.15, 0.2) is 6.61 Å². The number of aryl methyl sites for hydroxylation is 3. The summed E-state index contributed by atoms with van der Waals surface area (Å²) in [5, 5.41) is 4.60. The molecule has 0 spiro atoms. The van der Waals surface area contributed by atoms with Gasteiger partial charge in [-0.2, -0.15) is 5.10 Å². The molecule has 0 atom stereocenters. The molecule has 116 valence electrons. The van der Waals surface area contributed by atoms with Gasteiger partial charge in [-0.05, 0) is 49.2 Å². The van der Waals surface area contributed by atoms with Crippen molar-refractivity contribution in [3.8, 4) is 5.75 Å². The third-order valence-corrected chi connectivity index (χ3v) is 3.75. The summed E-state index contributed by atoms with van der Waals surface area (Å²) in [5.74, 6) is 0.289. The highest BCUT2D eigenvalue weighted by atomic mass is 35.5. The van der Waals surface area contributed by atoms with Gasteiger partial charge in [0, 0.05) is 18.3 Å². The Morgan fingerprint density at radius 1 is 1.41 bits per heavy atom. The first kappa shape index (κ1) is 16.1. The van der Waals surface area contributed by atoms with E-state index in [-0.39, 0.29) is 12.5 Å². The minimum atomic E-state index is -0.323. The molecule has 1 aromatic heterocycles. The third kappa shape index (κ3) is 4.11. The minimum absolute atomic E-state index is 0.106. The molecule has 22 heavy (non-hydrogen) atoms. The molecule has 0 saturated heterocycles. The molecule has 0 radical (unpaired) electrons. The monoisotopic (exact) mass is 319 g/mol. The summed E-state index contributed by atoms with van der Waals surface area (Å²) in [6.45, 7) is 3.68. The van der Waals surface area contributed by atoms with Gasteiger partial charge in [0.25, 0.3) is 5.91 Å². The number of benzene rings is 1. The number of amides is 1. The van der Waals surface area contributed by atoms with E-state index < -0.39 is 0 Å². The topological polar surface area (TPSA) is 55.6 Å². The number of aromatic nitrogens is 1. The van der Waals surface area contributed by atoms with E-state index in [9.17, 15) is 4.79 Å². The van der Waals surface area contributed by atoms with E-state index in [1.807, 2.05) is 43.8 Å². The van der Waals surface area contributed by atoms with Crippen molar-refractivity contribution in [2.24, 2.45) is 12.1 Å². The average molecular weight is 320 g/mol. The SMILES string of the molecule is Cc1cc(OCC(=O)NN=Cc2cccn2C)cc(C)c1Cl. The summed E-state index contributed by atoms with van der Waals surface area (Å²) < 4.78 is 7.34.